The molecule has 1 aliphatic carbocycles. The number of fused-ring (bicyclic) bond motifs is 1. The highest BCUT2D eigenvalue weighted by molar-refractivity contribution is 5.56. The first-order valence-electron chi connectivity index (χ1n) is 8.00. The summed E-state index contributed by atoms with van der Waals surface area (Å²) in [5.74, 6) is 2.42. The Kier molecular flexibility index (Phi) is 3.36. The Morgan fingerprint density at radius 2 is 1.95 bits per heavy atom. The van der Waals surface area contributed by atoms with Crippen molar-refractivity contribution in [2.24, 2.45) is 13.0 Å². The van der Waals surface area contributed by atoms with Crippen LogP contribution in [0.25, 0.3) is 17.2 Å². The zero-order valence-corrected chi connectivity index (χ0v) is 12.8. The van der Waals surface area contributed by atoms with Crippen LogP contribution >= 0.6 is 0 Å². The number of nitrogens with zero attached hydrogens (tertiary/aromatic N) is 6. The molecule has 3 heterocycles. The van der Waals surface area contributed by atoms with Crippen LogP contribution in [0.4, 0.5) is 0 Å². The summed E-state index contributed by atoms with van der Waals surface area (Å²) in [6.45, 7) is 0. The lowest BCUT2D eigenvalue weighted by atomic mass is 10.0. The normalized spacial score (nSPS) is 15.9. The second kappa shape index (κ2) is 5.51. The maximum Gasteiger partial charge on any atom is 0.252 e. The third kappa shape index (κ3) is 2.38. The lowest BCUT2D eigenvalue weighted by Crippen LogP contribution is -2.01. The summed E-state index contributed by atoms with van der Waals surface area (Å²) in [5, 5.41) is 8.90. The quantitative estimate of drug-likeness (QED) is 0.742. The van der Waals surface area contributed by atoms with Crippen LogP contribution in [0.15, 0.2) is 24.5 Å². The third-order valence-electron chi connectivity index (χ3n) is 4.62. The van der Waals surface area contributed by atoms with Gasteiger partial charge in [0.1, 0.15) is 0 Å². The van der Waals surface area contributed by atoms with E-state index in [0.29, 0.717) is 5.78 Å². The Labute approximate surface area is 129 Å². The summed E-state index contributed by atoms with van der Waals surface area (Å²) in [6.07, 6.45) is 11.2. The van der Waals surface area contributed by atoms with Gasteiger partial charge in [-0.1, -0.05) is 25.7 Å². The Hall–Kier alpha value is -2.24. The fourth-order valence-corrected chi connectivity index (χ4v) is 3.39. The van der Waals surface area contributed by atoms with E-state index < -0.39 is 0 Å². The lowest BCUT2D eigenvalue weighted by Gasteiger charge is -2.05. The van der Waals surface area contributed by atoms with Crippen LogP contribution in [0.1, 0.15) is 37.9 Å². The molecule has 6 heteroatoms. The molecule has 1 saturated carbocycles. The van der Waals surface area contributed by atoms with Crippen LogP contribution in [0.3, 0.4) is 0 Å². The van der Waals surface area contributed by atoms with Gasteiger partial charge in [0.25, 0.3) is 5.78 Å². The van der Waals surface area contributed by atoms with Gasteiger partial charge in [0.2, 0.25) is 0 Å². The molecule has 3 aromatic heterocycles. The number of hydrogen-bond acceptors (Lipinski definition) is 4. The van der Waals surface area contributed by atoms with Crippen molar-refractivity contribution < 1.29 is 0 Å². The zero-order valence-electron chi connectivity index (χ0n) is 12.8. The molecule has 6 nitrogen and oxygen atoms in total. The van der Waals surface area contributed by atoms with Crippen LogP contribution in [-0.2, 0) is 13.5 Å². The molecule has 0 unspecified atom stereocenters. The summed E-state index contributed by atoms with van der Waals surface area (Å²) < 4.78 is 3.68. The SMILES string of the molecule is Cn1nccc1-c1ccnc2nc(CCC3CCCC3)nn12. The van der Waals surface area contributed by atoms with Gasteiger partial charge in [-0.25, -0.2) is 4.98 Å². The van der Waals surface area contributed by atoms with Crippen molar-refractivity contribution in [2.45, 2.75) is 38.5 Å². The highest BCUT2D eigenvalue weighted by Crippen LogP contribution is 2.28. The highest BCUT2D eigenvalue weighted by Gasteiger charge is 2.17. The minimum absolute atomic E-state index is 0.667. The van der Waals surface area contributed by atoms with Gasteiger partial charge in [0, 0.05) is 25.9 Å². The largest absolute Gasteiger partial charge is 0.266 e. The number of aromatic nitrogens is 6. The van der Waals surface area contributed by atoms with Gasteiger partial charge in [-0.15, -0.1) is 5.10 Å². The first kappa shape index (κ1) is 13.4. The predicted molar refractivity (Wildman–Crippen MR) is 83.3 cm³/mol. The Balaban J connectivity index is 1.64. The molecule has 0 N–H and O–H groups in total. The summed E-state index contributed by atoms with van der Waals surface area (Å²) in [5.41, 5.74) is 1.99. The van der Waals surface area contributed by atoms with Crippen LogP contribution in [0.5, 0.6) is 0 Å². The molecule has 1 fully saturated rings. The van der Waals surface area contributed by atoms with Gasteiger partial charge in [0.05, 0.1) is 11.4 Å². The molecule has 0 aliphatic heterocycles. The van der Waals surface area contributed by atoms with Gasteiger partial charge < -0.3 is 0 Å². The van der Waals surface area contributed by atoms with E-state index in [1.807, 2.05) is 28.4 Å². The van der Waals surface area contributed by atoms with Crippen LogP contribution in [0.2, 0.25) is 0 Å². The van der Waals surface area contributed by atoms with E-state index in [2.05, 4.69) is 20.2 Å². The molecule has 0 amide bonds. The average Bonchev–Trinajstić information content (AvgIpc) is 3.25. The Morgan fingerprint density at radius 3 is 2.73 bits per heavy atom. The minimum Gasteiger partial charge on any atom is -0.266 e. The molecule has 1 aliphatic rings. The van der Waals surface area contributed by atoms with E-state index in [1.54, 1.807) is 12.4 Å². The van der Waals surface area contributed by atoms with Crippen molar-refractivity contribution in [1.82, 2.24) is 29.4 Å². The number of hydrogen-bond donors (Lipinski definition) is 0. The van der Waals surface area contributed by atoms with Crippen molar-refractivity contribution in [3.63, 3.8) is 0 Å². The number of rotatable bonds is 4. The van der Waals surface area contributed by atoms with Crippen LogP contribution < -0.4 is 0 Å². The van der Waals surface area contributed by atoms with Gasteiger partial charge >= 0.3 is 0 Å². The lowest BCUT2D eigenvalue weighted by molar-refractivity contribution is 0.497. The molecule has 0 aromatic carbocycles. The van der Waals surface area contributed by atoms with Crippen molar-refractivity contribution >= 4 is 5.78 Å². The summed E-state index contributed by atoms with van der Waals surface area (Å²) in [7, 11) is 1.93. The molecule has 0 bridgehead atoms. The maximum atomic E-state index is 4.67. The molecule has 0 spiro atoms. The van der Waals surface area contributed by atoms with Crippen LogP contribution in [0, 0.1) is 5.92 Å². The first-order chi connectivity index (χ1) is 10.8. The number of aryl methyl sites for hydroxylation is 2. The van der Waals surface area contributed by atoms with Crippen molar-refractivity contribution in [2.75, 3.05) is 0 Å². The summed E-state index contributed by atoms with van der Waals surface area (Å²) >= 11 is 0. The van der Waals surface area contributed by atoms with Crippen molar-refractivity contribution in [1.29, 1.82) is 0 Å². The second-order valence-electron chi connectivity index (χ2n) is 6.10. The monoisotopic (exact) mass is 296 g/mol. The van der Waals surface area contributed by atoms with Crippen LogP contribution in [-0.4, -0.2) is 29.4 Å². The van der Waals surface area contributed by atoms with Gasteiger partial charge in [0.15, 0.2) is 5.82 Å². The van der Waals surface area contributed by atoms with E-state index in [-0.39, 0.29) is 0 Å². The summed E-state index contributed by atoms with van der Waals surface area (Å²) in [4.78, 5) is 8.93. The smallest absolute Gasteiger partial charge is 0.252 e. The predicted octanol–water partition coefficient (Wildman–Crippen LogP) is 2.65. The molecule has 4 rings (SSSR count). The molecular weight excluding hydrogens is 276 g/mol. The van der Waals surface area contributed by atoms with E-state index in [4.69, 9.17) is 0 Å². The van der Waals surface area contributed by atoms with E-state index >= 15 is 0 Å². The van der Waals surface area contributed by atoms with Crippen molar-refractivity contribution in [3.8, 4) is 11.4 Å². The van der Waals surface area contributed by atoms with Gasteiger partial charge in [-0.3, -0.25) is 4.68 Å². The highest BCUT2D eigenvalue weighted by atomic mass is 15.3. The molecular formula is C16H20N6. The standard InChI is InChI=1S/C16H20N6/c1-21-13(9-11-18-21)14-8-10-17-16-19-15(20-22(14)16)7-6-12-4-2-3-5-12/h8-12H,2-7H2,1H3. The molecule has 3 aromatic rings. The first-order valence-corrected chi connectivity index (χ1v) is 8.00. The molecule has 0 radical (unpaired) electrons. The average molecular weight is 296 g/mol. The fourth-order valence-electron chi connectivity index (χ4n) is 3.39. The summed E-state index contributed by atoms with van der Waals surface area (Å²) in [6, 6.07) is 3.94. The van der Waals surface area contributed by atoms with E-state index in [1.165, 1.54) is 32.1 Å². The minimum atomic E-state index is 0.667. The molecule has 0 saturated heterocycles. The second-order valence-corrected chi connectivity index (χ2v) is 6.10. The fraction of sp³-hybridized carbons (Fsp3) is 0.500. The zero-order chi connectivity index (χ0) is 14.9. The van der Waals surface area contributed by atoms with Gasteiger partial charge in [-0.05, 0) is 24.5 Å². The molecule has 22 heavy (non-hydrogen) atoms. The van der Waals surface area contributed by atoms with Gasteiger partial charge in [-0.2, -0.15) is 14.6 Å². The van der Waals surface area contributed by atoms with E-state index in [9.17, 15) is 0 Å². The third-order valence-corrected chi connectivity index (χ3v) is 4.62. The maximum absolute atomic E-state index is 4.67. The van der Waals surface area contributed by atoms with Crippen molar-refractivity contribution in [3.05, 3.63) is 30.4 Å². The molecule has 114 valence electrons. The van der Waals surface area contributed by atoms with E-state index in [0.717, 1.165) is 29.6 Å². The molecule has 0 atom stereocenters. The Morgan fingerprint density at radius 1 is 1.14 bits per heavy atom. The Bertz CT molecular complexity index is 781. The topological polar surface area (TPSA) is 60.9 Å².